The van der Waals surface area contributed by atoms with Crippen LogP contribution in [-0.2, 0) is 36.6 Å². The third-order valence-corrected chi connectivity index (χ3v) is 13.4. The number of fused-ring (bicyclic) bond motifs is 3. The second-order valence-electron chi connectivity index (χ2n) is 20.7. The van der Waals surface area contributed by atoms with Crippen molar-refractivity contribution < 1.29 is 30.5 Å². The van der Waals surface area contributed by atoms with Gasteiger partial charge in [-0.15, -0.1) is 23.6 Å². The Labute approximate surface area is 396 Å². The molecule has 0 saturated heterocycles. The van der Waals surface area contributed by atoms with E-state index in [0.717, 1.165) is 33.4 Å². The summed E-state index contributed by atoms with van der Waals surface area (Å²) in [6.45, 7) is 22.6. The Balaban J connectivity index is 0.00000560. The van der Waals surface area contributed by atoms with Crippen molar-refractivity contribution in [3.05, 3.63) is 155 Å². The van der Waals surface area contributed by atoms with Gasteiger partial charge in [0, 0.05) is 23.2 Å². The molecule has 0 N–H and O–H groups in total. The van der Waals surface area contributed by atoms with Gasteiger partial charge in [0.15, 0.2) is 0 Å². The standard InChI is InChI=1S/C58H63N3O2.Pt/c1-36(2)46-22-17-23-47(37(3)4)53(46)40-30-41(56-60-54(38-18-13-11-14-19-38)55(63-56)39-20-15-12-16-21-39)32-45(31-40)62-44-25-26-48-49-33-42(57(5,6)7)24-27-50(49)61(51(48)35-44)52-34-43(28-29-59-52)58(8,9)10;/h12,15-17,20-31,33-34,36-38,54-55H,11,13-14,18-19H2,1-10H3;/q-2;+2/t54-,55+;/m1./s1. The molecule has 332 valence electrons. The molecule has 6 heteroatoms. The average molecular weight is 1030 g/mol. The first-order valence-electron chi connectivity index (χ1n) is 23.3. The van der Waals surface area contributed by atoms with E-state index in [4.69, 9.17) is 19.5 Å². The van der Waals surface area contributed by atoms with Crippen molar-refractivity contribution >= 4 is 27.7 Å². The smallest absolute Gasteiger partial charge is 0.510 e. The van der Waals surface area contributed by atoms with E-state index in [1.807, 2.05) is 12.3 Å². The van der Waals surface area contributed by atoms with Gasteiger partial charge in [-0.2, -0.15) is 6.07 Å². The van der Waals surface area contributed by atoms with E-state index in [2.05, 4.69) is 183 Å². The van der Waals surface area contributed by atoms with Crippen LogP contribution in [0.1, 0.15) is 153 Å². The van der Waals surface area contributed by atoms with E-state index in [1.165, 1.54) is 70.9 Å². The minimum atomic E-state index is -0.151. The molecule has 7 aromatic rings. The summed E-state index contributed by atoms with van der Waals surface area (Å²) in [5.41, 5.74) is 11.4. The maximum atomic E-state index is 7.02. The Morgan fingerprint density at radius 2 is 1.38 bits per heavy atom. The summed E-state index contributed by atoms with van der Waals surface area (Å²) in [6, 6.07) is 44.7. The number of pyridine rings is 1. The zero-order valence-electron chi connectivity index (χ0n) is 39.3. The van der Waals surface area contributed by atoms with Gasteiger partial charge < -0.3 is 14.0 Å². The molecule has 5 aromatic carbocycles. The zero-order chi connectivity index (χ0) is 44.2. The van der Waals surface area contributed by atoms with E-state index in [9.17, 15) is 0 Å². The number of aromatic nitrogens is 2. The summed E-state index contributed by atoms with van der Waals surface area (Å²) in [7, 11) is 0. The van der Waals surface area contributed by atoms with Crippen molar-refractivity contribution in [1.82, 2.24) is 9.55 Å². The van der Waals surface area contributed by atoms with Crippen LogP contribution in [0.25, 0.3) is 38.8 Å². The molecule has 64 heavy (non-hydrogen) atoms. The molecule has 5 nitrogen and oxygen atoms in total. The SMILES string of the molecule is CC(C)c1cccc(C(C)C)c1-c1cc(Oc2[c-]c3c(cc2)c2cc(C(C)(C)C)ccc2n3-c2cc(C(C)(C)C)ccn2)[c-]c(C2=N[C@H](C3CCCCC3)[C@H](c3ccccc3)O2)c1.[Pt+2]. The summed E-state index contributed by atoms with van der Waals surface area (Å²) in [5.74, 6) is 3.80. The van der Waals surface area contributed by atoms with Crippen LogP contribution < -0.4 is 4.74 Å². The maximum absolute atomic E-state index is 7.02. The van der Waals surface area contributed by atoms with Gasteiger partial charge in [0.1, 0.15) is 17.8 Å². The van der Waals surface area contributed by atoms with Gasteiger partial charge in [-0.1, -0.05) is 178 Å². The topological polar surface area (TPSA) is 48.6 Å². The van der Waals surface area contributed by atoms with Crippen molar-refractivity contribution in [2.45, 2.75) is 136 Å². The number of hydrogen-bond acceptors (Lipinski definition) is 4. The van der Waals surface area contributed by atoms with Crippen LogP contribution >= 0.6 is 0 Å². The van der Waals surface area contributed by atoms with Crippen LogP contribution in [0.15, 0.2) is 114 Å². The van der Waals surface area contributed by atoms with Gasteiger partial charge in [0.05, 0.1) is 6.04 Å². The first-order valence-corrected chi connectivity index (χ1v) is 23.3. The van der Waals surface area contributed by atoms with Crippen LogP contribution in [-0.4, -0.2) is 21.5 Å². The van der Waals surface area contributed by atoms with Crippen LogP contribution in [0.3, 0.4) is 0 Å². The molecular weight excluding hydrogens is 966 g/mol. The van der Waals surface area contributed by atoms with Crippen molar-refractivity contribution in [2.24, 2.45) is 10.9 Å². The normalized spacial score (nSPS) is 17.2. The average Bonchev–Trinajstić information content (AvgIpc) is 3.86. The first-order chi connectivity index (χ1) is 30.1. The van der Waals surface area contributed by atoms with E-state index in [-0.39, 0.29) is 44.0 Å². The van der Waals surface area contributed by atoms with Gasteiger partial charge in [0.2, 0.25) is 0 Å². The van der Waals surface area contributed by atoms with Crippen molar-refractivity contribution in [1.29, 1.82) is 0 Å². The van der Waals surface area contributed by atoms with Crippen LogP contribution in [0.4, 0.5) is 0 Å². The Kier molecular flexibility index (Phi) is 12.9. The molecule has 1 saturated carbocycles. The van der Waals surface area contributed by atoms with Crippen LogP contribution in [0.5, 0.6) is 11.5 Å². The number of aliphatic imine (C=N–C) groups is 1. The third-order valence-electron chi connectivity index (χ3n) is 13.4. The summed E-state index contributed by atoms with van der Waals surface area (Å²) >= 11 is 0. The van der Waals surface area contributed by atoms with Crippen molar-refractivity contribution in [3.63, 3.8) is 0 Å². The third kappa shape index (κ3) is 8.99. The monoisotopic (exact) mass is 1030 g/mol. The van der Waals surface area contributed by atoms with Gasteiger partial charge in [0.25, 0.3) is 0 Å². The predicted molar refractivity (Wildman–Crippen MR) is 261 cm³/mol. The fourth-order valence-electron chi connectivity index (χ4n) is 9.85. The summed E-state index contributed by atoms with van der Waals surface area (Å²) in [6.07, 6.45) is 7.90. The van der Waals surface area contributed by atoms with Gasteiger partial charge in [-0.05, 0) is 98.4 Å². The molecular formula is C58H63N3O2Pt. The largest absolute Gasteiger partial charge is 2.00 e. The van der Waals surface area contributed by atoms with E-state index >= 15 is 0 Å². The van der Waals surface area contributed by atoms with E-state index < -0.39 is 0 Å². The molecule has 2 atom stereocenters. The Morgan fingerprint density at radius 3 is 2.05 bits per heavy atom. The molecule has 3 heterocycles. The zero-order valence-corrected chi connectivity index (χ0v) is 41.6. The molecule has 0 amide bonds. The van der Waals surface area contributed by atoms with Gasteiger partial charge in [-0.3, -0.25) is 4.99 Å². The molecule has 2 aliphatic rings. The number of rotatable bonds is 9. The molecule has 0 radical (unpaired) electrons. The Morgan fingerprint density at radius 1 is 0.688 bits per heavy atom. The van der Waals surface area contributed by atoms with Crippen LogP contribution in [0.2, 0.25) is 0 Å². The van der Waals surface area contributed by atoms with Crippen molar-refractivity contribution in [3.8, 4) is 28.4 Å². The molecule has 0 unspecified atom stereocenters. The Bertz CT molecular complexity index is 2790. The summed E-state index contributed by atoms with van der Waals surface area (Å²) in [4.78, 5) is 10.4. The quantitative estimate of drug-likeness (QED) is 0.135. The number of ether oxygens (including phenoxy) is 2. The molecule has 1 aliphatic carbocycles. The predicted octanol–water partition coefficient (Wildman–Crippen LogP) is 15.5. The van der Waals surface area contributed by atoms with Gasteiger partial charge >= 0.3 is 21.1 Å². The molecule has 1 aliphatic heterocycles. The summed E-state index contributed by atoms with van der Waals surface area (Å²) in [5, 5.41) is 2.27. The molecule has 2 aromatic heterocycles. The maximum Gasteiger partial charge on any atom is 2.00 e. The summed E-state index contributed by atoms with van der Waals surface area (Å²) < 4.78 is 16.3. The number of benzene rings is 5. The molecule has 9 rings (SSSR count). The number of hydrogen-bond donors (Lipinski definition) is 0. The fraction of sp³-hybridized carbons (Fsp3) is 0.379. The minimum Gasteiger partial charge on any atom is -0.510 e. The Hall–Kier alpha value is -4.99. The van der Waals surface area contributed by atoms with E-state index in [0.29, 0.717) is 35.2 Å². The fourth-order valence-corrected chi connectivity index (χ4v) is 9.85. The van der Waals surface area contributed by atoms with Crippen molar-refractivity contribution in [2.75, 3.05) is 0 Å². The molecule has 1 fully saturated rings. The second kappa shape index (κ2) is 18.1. The van der Waals surface area contributed by atoms with E-state index in [1.54, 1.807) is 0 Å². The minimum absolute atomic E-state index is 0. The van der Waals surface area contributed by atoms with Crippen LogP contribution in [0, 0.1) is 18.1 Å². The van der Waals surface area contributed by atoms with Gasteiger partial charge in [-0.25, -0.2) is 4.98 Å². The molecule has 0 bridgehead atoms. The molecule has 0 spiro atoms. The second-order valence-corrected chi connectivity index (χ2v) is 20.7. The first kappa shape index (κ1) is 45.6. The number of nitrogens with zero attached hydrogens (tertiary/aromatic N) is 3.